The van der Waals surface area contributed by atoms with Gasteiger partial charge in [0.15, 0.2) is 0 Å². The first-order chi connectivity index (χ1) is 9.71. The fraction of sp³-hybridized carbons (Fsp3) is 0.286. The maximum absolute atomic E-state index is 6.09. The van der Waals surface area contributed by atoms with Crippen LogP contribution in [-0.4, -0.2) is 14.5 Å². The molecule has 2 aromatic heterocycles. The number of alkyl halides is 1. The summed E-state index contributed by atoms with van der Waals surface area (Å²) < 4.78 is 2.09. The van der Waals surface area contributed by atoms with Crippen LogP contribution in [0.4, 0.5) is 0 Å². The molecular weight excluding hydrogens is 313 g/mol. The van der Waals surface area contributed by atoms with Crippen molar-refractivity contribution in [2.45, 2.75) is 25.8 Å². The molecule has 0 bridgehead atoms. The summed E-state index contributed by atoms with van der Waals surface area (Å²) in [7, 11) is 0. The van der Waals surface area contributed by atoms with E-state index >= 15 is 0 Å². The monoisotopic (exact) mass is 325 g/mol. The number of rotatable bonds is 4. The summed E-state index contributed by atoms with van der Waals surface area (Å²) >= 11 is 13.8. The van der Waals surface area contributed by atoms with Crippen molar-refractivity contribution >= 4 is 45.6 Å². The molecule has 0 spiro atoms. The fourth-order valence-corrected chi connectivity index (χ4v) is 3.37. The lowest BCUT2D eigenvalue weighted by atomic mass is 10.3. The second-order valence-electron chi connectivity index (χ2n) is 4.45. The zero-order chi connectivity index (χ0) is 14.1. The number of imidazole rings is 1. The summed E-state index contributed by atoms with van der Waals surface area (Å²) in [6, 6.07) is 5.69. The zero-order valence-electron chi connectivity index (χ0n) is 10.9. The van der Waals surface area contributed by atoms with Crippen LogP contribution < -0.4 is 0 Å². The number of halogens is 2. The van der Waals surface area contributed by atoms with E-state index in [-0.39, 0.29) is 0 Å². The van der Waals surface area contributed by atoms with Gasteiger partial charge >= 0.3 is 0 Å². The van der Waals surface area contributed by atoms with E-state index in [1.165, 1.54) is 4.88 Å². The van der Waals surface area contributed by atoms with Gasteiger partial charge in [0.05, 0.1) is 23.5 Å². The second kappa shape index (κ2) is 5.72. The van der Waals surface area contributed by atoms with Crippen molar-refractivity contribution in [2.75, 3.05) is 0 Å². The summed E-state index contributed by atoms with van der Waals surface area (Å²) in [6.07, 6.45) is 2.95. The first kappa shape index (κ1) is 13.9. The summed E-state index contributed by atoms with van der Waals surface area (Å²) in [6.45, 7) is 2.82. The van der Waals surface area contributed by atoms with Crippen molar-refractivity contribution in [3.63, 3.8) is 0 Å². The van der Waals surface area contributed by atoms with Gasteiger partial charge in [-0.15, -0.1) is 22.9 Å². The molecule has 0 N–H and O–H groups in total. The van der Waals surface area contributed by atoms with E-state index in [0.29, 0.717) is 17.4 Å². The van der Waals surface area contributed by atoms with E-state index in [9.17, 15) is 0 Å². The summed E-state index contributed by atoms with van der Waals surface area (Å²) in [4.78, 5) is 10.3. The number of hydrogen-bond donors (Lipinski definition) is 0. The Labute approximate surface area is 131 Å². The molecule has 1 aromatic carbocycles. The summed E-state index contributed by atoms with van der Waals surface area (Å²) in [5, 5.41) is 1.76. The van der Waals surface area contributed by atoms with Gasteiger partial charge in [0.1, 0.15) is 10.8 Å². The number of fused-ring (bicyclic) bond motifs is 1. The van der Waals surface area contributed by atoms with E-state index < -0.39 is 0 Å². The van der Waals surface area contributed by atoms with Crippen molar-refractivity contribution in [3.05, 3.63) is 45.1 Å². The van der Waals surface area contributed by atoms with Gasteiger partial charge in [-0.05, 0) is 24.6 Å². The van der Waals surface area contributed by atoms with Gasteiger partial charge < -0.3 is 4.57 Å². The lowest BCUT2D eigenvalue weighted by Gasteiger charge is -2.05. The minimum atomic E-state index is 0.373. The van der Waals surface area contributed by atoms with Gasteiger partial charge in [-0.2, -0.15) is 0 Å². The van der Waals surface area contributed by atoms with Crippen LogP contribution >= 0.6 is 34.5 Å². The van der Waals surface area contributed by atoms with Crippen LogP contribution in [0.3, 0.4) is 0 Å². The van der Waals surface area contributed by atoms with Crippen LogP contribution in [0.15, 0.2) is 24.4 Å². The van der Waals surface area contributed by atoms with E-state index in [4.69, 9.17) is 23.2 Å². The van der Waals surface area contributed by atoms with Gasteiger partial charge in [-0.1, -0.05) is 18.5 Å². The molecule has 104 valence electrons. The van der Waals surface area contributed by atoms with Crippen molar-refractivity contribution in [2.24, 2.45) is 0 Å². The van der Waals surface area contributed by atoms with Gasteiger partial charge in [0.2, 0.25) is 0 Å². The Balaban J connectivity index is 2.06. The molecular formula is C14H13Cl2N3S. The normalized spacial score (nSPS) is 11.3. The molecule has 0 amide bonds. The van der Waals surface area contributed by atoms with Crippen LogP contribution in [0, 0.1) is 0 Å². The highest BCUT2D eigenvalue weighted by Crippen LogP contribution is 2.24. The predicted molar refractivity (Wildman–Crippen MR) is 84.9 cm³/mol. The maximum Gasteiger partial charge on any atom is 0.125 e. The minimum absolute atomic E-state index is 0.373. The van der Waals surface area contributed by atoms with E-state index in [2.05, 4.69) is 21.5 Å². The predicted octanol–water partition coefficient (Wildman–Crippen LogP) is 4.50. The molecule has 3 aromatic rings. The molecule has 2 heterocycles. The number of aromatic nitrogens is 3. The molecule has 0 aliphatic rings. The van der Waals surface area contributed by atoms with Crippen LogP contribution in [0.25, 0.3) is 11.0 Å². The summed E-state index contributed by atoms with van der Waals surface area (Å²) in [5.74, 6) is 1.22. The van der Waals surface area contributed by atoms with Crippen molar-refractivity contribution in [1.29, 1.82) is 0 Å². The Morgan fingerprint density at radius 3 is 2.90 bits per heavy atom. The van der Waals surface area contributed by atoms with Gasteiger partial charge in [-0.25, -0.2) is 9.97 Å². The fourth-order valence-electron chi connectivity index (χ4n) is 2.14. The number of aryl methyl sites for hydroxylation is 1. The first-order valence-corrected chi connectivity index (χ1v) is 8.08. The molecule has 3 rings (SSSR count). The van der Waals surface area contributed by atoms with E-state index in [1.54, 1.807) is 11.3 Å². The third kappa shape index (κ3) is 2.55. The molecule has 0 aliphatic heterocycles. The number of nitrogens with zero attached hydrogens (tertiary/aromatic N) is 3. The lowest BCUT2D eigenvalue weighted by molar-refractivity contribution is 0.773. The number of thiazole rings is 1. The van der Waals surface area contributed by atoms with Crippen molar-refractivity contribution in [1.82, 2.24) is 14.5 Å². The van der Waals surface area contributed by atoms with Crippen LogP contribution in [0.2, 0.25) is 5.02 Å². The first-order valence-electron chi connectivity index (χ1n) is 6.35. The van der Waals surface area contributed by atoms with Crippen LogP contribution in [0.1, 0.15) is 22.6 Å². The van der Waals surface area contributed by atoms with Crippen molar-refractivity contribution in [3.8, 4) is 0 Å². The molecule has 0 radical (unpaired) electrons. The standard InChI is InChI=1S/C14H13Cl2N3S/c1-2-10-7-17-14(20-10)8-19-12-5-9(16)3-4-11(12)18-13(19)6-15/h3-5,7H,2,6,8H2,1H3. The average Bonchev–Trinajstić information content (AvgIpc) is 3.04. The second-order valence-corrected chi connectivity index (χ2v) is 6.36. The van der Waals surface area contributed by atoms with Gasteiger partial charge in [0, 0.05) is 16.1 Å². The van der Waals surface area contributed by atoms with Crippen LogP contribution in [-0.2, 0) is 18.8 Å². The molecule has 0 saturated carbocycles. The minimum Gasteiger partial charge on any atom is -0.320 e. The number of benzene rings is 1. The SMILES string of the molecule is CCc1cnc(Cn2c(CCl)nc3ccc(Cl)cc32)s1. The number of hydrogen-bond acceptors (Lipinski definition) is 3. The topological polar surface area (TPSA) is 30.7 Å². The highest BCUT2D eigenvalue weighted by molar-refractivity contribution is 7.11. The smallest absolute Gasteiger partial charge is 0.125 e. The van der Waals surface area contributed by atoms with E-state index in [1.807, 2.05) is 24.4 Å². The molecule has 6 heteroatoms. The van der Waals surface area contributed by atoms with Crippen LogP contribution in [0.5, 0.6) is 0 Å². The molecule has 0 fully saturated rings. The average molecular weight is 326 g/mol. The largest absolute Gasteiger partial charge is 0.320 e. The molecule has 0 unspecified atom stereocenters. The quantitative estimate of drug-likeness (QED) is 0.661. The Bertz CT molecular complexity index is 748. The lowest BCUT2D eigenvalue weighted by Crippen LogP contribution is -2.03. The third-order valence-electron chi connectivity index (χ3n) is 3.15. The van der Waals surface area contributed by atoms with Gasteiger partial charge in [-0.3, -0.25) is 0 Å². The molecule has 20 heavy (non-hydrogen) atoms. The molecule has 0 atom stereocenters. The molecule has 0 aliphatic carbocycles. The Morgan fingerprint density at radius 2 is 2.20 bits per heavy atom. The summed E-state index contributed by atoms with van der Waals surface area (Å²) in [5.41, 5.74) is 1.92. The Morgan fingerprint density at radius 1 is 1.35 bits per heavy atom. The Hall–Kier alpha value is -1.10. The third-order valence-corrected chi connectivity index (χ3v) is 4.75. The highest BCUT2D eigenvalue weighted by Gasteiger charge is 2.12. The molecule has 3 nitrogen and oxygen atoms in total. The zero-order valence-corrected chi connectivity index (χ0v) is 13.3. The van der Waals surface area contributed by atoms with Gasteiger partial charge in [0.25, 0.3) is 0 Å². The van der Waals surface area contributed by atoms with Crippen molar-refractivity contribution < 1.29 is 0 Å². The highest BCUT2D eigenvalue weighted by atomic mass is 35.5. The molecule has 0 saturated heterocycles. The maximum atomic E-state index is 6.09. The Kier molecular flexibility index (Phi) is 3.96. The van der Waals surface area contributed by atoms with E-state index in [0.717, 1.165) is 28.3 Å².